The highest BCUT2D eigenvalue weighted by molar-refractivity contribution is 7.12. The molecule has 0 bridgehead atoms. The lowest BCUT2D eigenvalue weighted by molar-refractivity contribution is 0.0950. The topological polar surface area (TPSA) is 75.6 Å². The van der Waals surface area contributed by atoms with Gasteiger partial charge in [-0.25, -0.2) is 9.97 Å². The number of nitrogens with one attached hydrogen (secondary N) is 2. The van der Waals surface area contributed by atoms with E-state index in [1.165, 1.54) is 16.1 Å². The van der Waals surface area contributed by atoms with Gasteiger partial charge in [-0.15, -0.1) is 11.3 Å². The Morgan fingerprint density at radius 2 is 2.12 bits per heavy atom. The van der Waals surface area contributed by atoms with Crippen LogP contribution in [0, 0.1) is 6.92 Å². The minimum atomic E-state index is -0.101. The van der Waals surface area contributed by atoms with Gasteiger partial charge in [-0.05, 0) is 57.5 Å². The van der Waals surface area contributed by atoms with Gasteiger partial charge in [0.2, 0.25) is 0 Å². The highest BCUT2D eigenvalue weighted by Crippen LogP contribution is 2.33. The van der Waals surface area contributed by atoms with Gasteiger partial charge in [-0.3, -0.25) is 4.79 Å². The van der Waals surface area contributed by atoms with Crippen molar-refractivity contribution >= 4 is 34.4 Å². The van der Waals surface area contributed by atoms with Crippen molar-refractivity contribution < 1.29 is 4.79 Å². The summed E-state index contributed by atoms with van der Waals surface area (Å²) in [7, 11) is 0. The van der Waals surface area contributed by atoms with Crippen LogP contribution in [-0.2, 0) is 18.5 Å². The standard InChI is InChI=1S/C25H27N5OS/c1-15-27-21-12-17(6-8-22(21)32-15)16-5-7-19-20(11-16)29-23(28-19)13-26-24(31)18-9-10-30(14-18)25(2,3)4/h5-11,14,17H,12-13H2,1-4H3,(H,26,31)(H,28,29). The van der Waals surface area contributed by atoms with Crippen LogP contribution in [0.3, 0.4) is 0 Å². The van der Waals surface area contributed by atoms with Crippen molar-refractivity contribution in [2.75, 3.05) is 0 Å². The molecule has 3 heterocycles. The maximum atomic E-state index is 12.6. The lowest BCUT2D eigenvalue weighted by Crippen LogP contribution is -2.24. The van der Waals surface area contributed by atoms with E-state index in [2.05, 4.69) is 72.2 Å². The Labute approximate surface area is 191 Å². The van der Waals surface area contributed by atoms with E-state index >= 15 is 0 Å². The fourth-order valence-corrected chi connectivity index (χ4v) is 4.95. The molecule has 1 atom stereocenters. The third-order valence-corrected chi connectivity index (χ3v) is 6.84. The van der Waals surface area contributed by atoms with Crippen molar-refractivity contribution in [3.8, 4) is 0 Å². The Balaban J connectivity index is 1.28. The van der Waals surface area contributed by atoms with E-state index in [-0.39, 0.29) is 11.4 Å². The number of aromatic nitrogens is 4. The Morgan fingerprint density at radius 3 is 2.91 bits per heavy atom. The van der Waals surface area contributed by atoms with Gasteiger partial charge in [0, 0.05) is 30.3 Å². The van der Waals surface area contributed by atoms with Crippen molar-refractivity contribution in [1.29, 1.82) is 0 Å². The van der Waals surface area contributed by atoms with Crippen LogP contribution in [0.25, 0.3) is 17.1 Å². The second-order valence-corrected chi connectivity index (χ2v) is 10.6. The van der Waals surface area contributed by atoms with Crippen LogP contribution in [0.2, 0.25) is 0 Å². The lowest BCUT2D eigenvalue weighted by atomic mass is 9.90. The maximum absolute atomic E-state index is 12.6. The summed E-state index contributed by atoms with van der Waals surface area (Å²) in [5.74, 6) is 0.958. The molecule has 5 rings (SSSR count). The van der Waals surface area contributed by atoms with E-state index in [1.54, 1.807) is 11.3 Å². The first-order chi connectivity index (χ1) is 15.3. The molecule has 0 saturated heterocycles. The van der Waals surface area contributed by atoms with Crippen molar-refractivity contribution in [2.24, 2.45) is 0 Å². The second-order valence-electron chi connectivity index (χ2n) is 9.33. The predicted molar refractivity (Wildman–Crippen MR) is 129 cm³/mol. The molecule has 0 saturated carbocycles. The van der Waals surface area contributed by atoms with E-state index in [9.17, 15) is 4.79 Å². The predicted octanol–water partition coefficient (Wildman–Crippen LogP) is 5.17. The van der Waals surface area contributed by atoms with Crippen LogP contribution >= 0.6 is 11.3 Å². The summed E-state index contributed by atoms with van der Waals surface area (Å²) >= 11 is 1.75. The van der Waals surface area contributed by atoms with Crippen LogP contribution < -0.4 is 5.32 Å². The SMILES string of the molecule is Cc1nc2c(s1)C=CC(c1ccc3nc(CNC(=O)c4ccn(C(C)(C)C)c4)[nH]c3c1)C2. The van der Waals surface area contributed by atoms with Gasteiger partial charge >= 0.3 is 0 Å². The third kappa shape index (κ3) is 4.00. The molecule has 32 heavy (non-hydrogen) atoms. The number of H-pyrrole nitrogens is 1. The number of aryl methyl sites for hydroxylation is 1. The van der Waals surface area contributed by atoms with Crippen molar-refractivity contribution in [3.63, 3.8) is 0 Å². The number of allylic oxidation sites excluding steroid dienone is 1. The van der Waals surface area contributed by atoms with Gasteiger partial charge in [0.15, 0.2) is 0 Å². The van der Waals surface area contributed by atoms with Gasteiger partial charge in [-0.2, -0.15) is 0 Å². The summed E-state index contributed by atoms with van der Waals surface area (Å²) in [4.78, 5) is 26.5. The van der Waals surface area contributed by atoms with Crippen LogP contribution in [0.15, 0.2) is 42.7 Å². The maximum Gasteiger partial charge on any atom is 0.253 e. The van der Waals surface area contributed by atoms with Gasteiger partial charge in [0.05, 0.1) is 38.7 Å². The van der Waals surface area contributed by atoms with Gasteiger partial charge in [-0.1, -0.05) is 12.1 Å². The summed E-state index contributed by atoms with van der Waals surface area (Å²) in [6.07, 6.45) is 9.20. The Morgan fingerprint density at radius 1 is 1.28 bits per heavy atom. The number of fused-ring (bicyclic) bond motifs is 2. The zero-order valence-electron chi connectivity index (χ0n) is 18.8. The summed E-state index contributed by atoms with van der Waals surface area (Å²) in [6.45, 7) is 8.74. The lowest BCUT2D eigenvalue weighted by Gasteiger charge is -2.20. The zero-order valence-corrected chi connectivity index (χ0v) is 19.6. The largest absolute Gasteiger partial charge is 0.348 e. The minimum absolute atomic E-state index is 0.0532. The van der Waals surface area contributed by atoms with Crippen molar-refractivity contribution in [3.05, 3.63) is 75.3 Å². The molecular formula is C25H27N5OS. The van der Waals surface area contributed by atoms with Crippen molar-refractivity contribution in [1.82, 2.24) is 24.8 Å². The fraction of sp³-hybridized carbons (Fsp3) is 0.320. The van der Waals surface area contributed by atoms with Crippen molar-refractivity contribution in [2.45, 2.75) is 52.1 Å². The number of imidazole rings is 1. The Hall–Kier alpha value is -3.19. The van der Waals surface area contributed by atoms with Crippen LogP contribution in [-0.4, -0.2) is 25.4 Å². The molecule has 1 aliphatic carbocycles. The Bertz CT molecular complexity index is 1330. The van der Waals surface area contributed by atoms with E-state index in [0.717, 1.165) is 28.3 Å². The van der Waals surface area contributed by atoms with E-state index < -0.39 is 0 Å². The third-order valence-electron chi connectivity index (χ3n) is 5.86. The quantitative estimate of drug-likeness (QED) is 0.455. The average molecular weight is 446 g/mol. The zero-order chi connectivity index (χ0) is 22.5. The molecule has 1 unspecified atom stereocenters. The summed E-state index contributed by atoms with van der Waals surface area (Å²) < 4.78 is 2.04. The molecule has 2 N–H and O–H groups in total. The van der Waals surface area contributed by atoms with Gasteiger partial charge < -0.3 is 14.9 Å². The summed E-state index contributed by atoms with van der Waals surface area (Å²) in [6, 6.07) is 8.19. The monoisotopic (exact) mass is 445 g/mol. The molecule has 1 amide bonds. The van der Waals surface area contributed by atoms with E-state index in [4.69, 9.17) is 0 Å². The molecule has 1 aromatic carbocycles. The molecule has 4 aromatic rings. The number of nitrogens with zero attached hydrogens (tertiary/aromatic N) is 3. The second kappa shape index (κ2) is 7.74. The number of carbonyl (C=O) groups excluding carboxylic acids is 1. The molecule has 164 valence electrons. The van der Waals surface area contributed by atoms with Gasteiger partial charge in [0.25, 0.3) is 5.91 Å². The number of benzene rings is 1. The number of hydrogen-bond donors (Lipinski definition) is 2. The first-order valence-electron chi connectivity index (χ1n) is 10.9. The number of carbonyl (C=O) groups is 1. The molecule has 0 spiro atoms. The first kappa shape index (κ1) is 20.7. The smallest absolute Gasteiger partial charge is 0.253 e. The normalized spacial score (nSPS) is 15.8. The number of amides is 1. The number of aromatic amines is 1. The summed E-state index contributed by atoms with van der Waals surface area (Å²) in [5, 5.41) is 4.08. The molecule has 0 aliphatic heterocycles. The van der Waals surface area contributed by atoms with Gasteiger partial charge in [0.1, 0.15) is 5.82 Å². The fourth-order valence-electron chi connectivity index (χ4n) is 4.08. The molecule has 3 aromatic heterocycles. The molecule has 7 heteroatoms. The molecule has 0 radical (unpaired) electrons. The van der Waals surface area contributed by atoms with E-state index in [0.29, 0.717) is 18.0 Å². The molecule has 0 fully saturated rings. The van der Waals surface area contributed by atoms with E-state index in [1.807, 2.05) is 29.1 Å². The first-order valence-corrected chi connectivity index (χ1v) is 11.7. The van der Waals surface area contributed by atoms with Crippen LogP contribution in [0.5, 0.6) is 0 Å². The molecule has 1 aliphatic rings. The highest BCUT2D eigenvalue weighted by atomic mass is 32.1. The number of hydrogen-bond acceptors (Lipinski definition) is 4. The van der Waals surface area contributed by atoms with Crippen LogP contribution in [0.4, 0.5) is 0 Å². The highest BCUT2D eigenvalue weighted by Gasteiger charge is 2.20. The number of thiazole rings is 1. The molecular weight excluding hydrogens is 418 g/mol. The summed E-state index contributed by atoms with van der Waals surface area (Å²) in [5.41, 5.74) is 4.92. The van der Waals surface area contributed by atoms with Crippen LogP contribution in [0.1, 0.15) is 64.0 Å². The Kier molecular flexibility index (Phi) is 5.01. The molecule has 6 nitrogen and oxygen atoms in total. The minimum Gasteiger partial charge on any atom is -0.348 e. The number of rotatable bonds is 4. The average Bonchev–Trinajstić information content (AvgIpc) is 3.47.